The number of rotatable bonds is 3. The highest BCUT2D eigenvalue weighted by molar-refractivity contribution is 7.80. The van der Waals surface area contributed by atoms with Crippen molar-refractivity contribution < 1.29 is 0 Å². The lowest BCUT2D eigenvalue weighted by atomic mass is 9.80. The van der Waals surface area contributed by atoms with Crippen LogP contribution >= 0.6 is 12.2 Å². The van der Waals surface area contributed by atoms with E-state index in [-0.39, 0.29) is 11.1 Å². The molecule has 1 saturated heterocycles. The minimum absolute atomic E-state index is 0.116. The lowest BCUT2D eigenvalue weighted by Crippen LogP contribution is -2.62. The van der Waals surface area contributed by atoms with Crippen LogP contribution in [-0.4, -0.2) is 22.2 Å². The van der Waals surface area contributed by atoms with Gasteiger partial charge in [0, 0.05) is 22.8 Å². The third kappa shape index (κ3) is 5.18. The highest BCUT2D eigenvalue weighted by Crippen LogP contribution is 2.29. The molecular formula is C19H31N3S. The molecule has 1 aromatic carbocycles. The second-order valence-corrected chi connectivity index (χ2v) is 8.75. The molecule has 1 fully saturated rings. The molecule has 0 atom stereocenters. The molecule has 0 bridgehead atoms. The quantitative estimate of drug-likeness (QED) is 0.716. The molecule has 0 saturated carbocycles. The standard InChI is InChI=1S/C19H31N3S/c1-13(2)15-9-7-8-10-16(15)21-17(23)20-14-11-18(3,4)22-19(5,6)12-14/h7-10,13-14,22H,11-12H2,1-6H3,(H2,20,21,23). The molecule has 0 amide bonds. The summed E-state index contributed by atoms with van der Waals surface area (Å²) >= 11 is 5.57. The summed E-state index contributed by atoms with van der Waals surface area (Å²) in [6.07, 6.45) is 2.12. The Kier molecular flexibility index (Phi) is 5.37. The number of nitrogens with one attached hydrogen (secondary N) is 3. The normalized spacial score (nSPS) is 20.3. The van der Waals surface area contributed by atoms with Crippen LogP contribution in [0.2, 0.25) is 0 Å². The molecule has 1 heterocycles. The van der Waals surface area contributed by atoms with E-state index in [9.17, 15) is 0 Å². The Balaban J connectivity index is 2.03. The van der Waals surface area contributed by atoms with Gasteiger partial charge in [-0.2, -0.15) is 0 Å². The van der Waals surface area contributed by atoms with Gasteiger partial charge in [-0.1, -0.05) is 32.0 Å². The number of anilines is 1. The minimum Gasteiger partial charge on any atom is -0.360 e. The second-order valence-electron chi connectivity index (χ2n) is 8.34. The summed E-state index contributed by atoms with van der Waals surface area (Å²) in [4.78, 5) is 0. The van der Waals surface area contributed by atoms with E-state index in [1.54, 1.807) is 0 Å². The lowest BCUT2D eigenvalue weighted by molar-refractivity contribution is 0.156. The van der Waals surface area contributed by atoms with E-state index < -0.39 is 0 Å². The van der Waals surface area contributed by atoms with Gasteiger partial charge in [0.05, 0.1) is 0 Å². The Bertz CT molecular complexity index is 547. The molecule has 0 unspecified atom stereocenters. The first kappa shape index (κ1) is 18.2. The van der Waals surface area contributed by atoms with Crippen LogP contribution in [-0.2, 0) is 0 Å². The fourth-order valence-corrected chi connectivity index (χ4v) is 4.16. The Morgan fingerprint density at radius 2 is 1.70 bits per heavy atom. The van der Waals surface area contributed by atoms with Gasteiger partial charge < -0.3 is 16.0 Å². The zero-order valence-electron chi connectivity index (χ0n) is 15.3. The van der Waals surface area contributed by atoms with E-state index in [4.69, 9.17) is 12.2 Å². The number of piperidine rings is 1. The van der Waals surface area contributed by atoms with Crippen LogP contribution in [0.4, 0.5) is 5.69 Å². The maximum absolute atomic E-state index is 5.57. The molecular weight excluding hydrogens is 302 g/mol. The van der Waals surface area contributed by atoms with Crippen LogP contribution in [0.5, 0.6) is 0 Å². The summed E-state index contributed by atoms with van der Waals surface area (Å²) in [6.45, 7) is 13.4. The van der Waals surface area contributed by atoms with Crippen LogP contribution in [0, 0.1) is 0 Å². The van der Waals surface area contributed by atoms with Crippen molar-refractivity contribution in [3.05, 3.63) is 29.8 Å². The summed E-state index contributed by atoms with van der Waals surface area (Å²) < 4.78 is 0. The monoisotopic (exact) mass is 333 g/mol. The summed E-state index contributed by atoms with van der Waals surface area (Å²) in [5, 5.41) is 11.3. The summed E-state index contributed by atoms with van der Waals surface area (Å²) in [5.41, 5.74) is 2.63. The number of para-hydroxylation sites is 1. The highest BCUT2D eigenvalue weighted by Gasteiger charge is 2.37. The molecule has 4 heteroatoms. The number of thiocarbonyl (C=S) groups is 1. The zero-order valence-corrected chi connectivity index (χ0v) is 16.1. The predicted molar refractivity (Wildman–Crippen MR) is 104 cm³/mol. The largest absolute Gasteiger partial charge is 0.360 e. The Labute approximate surface area is 146 Å². The molecule has 2 rings (SSSR count). The van der Waals surface area contributed by atoms with Gasteiger partial charge in [-0.05, 0) is 70.3 Å². The van der Waals surface area contributed by atoms with Gasteiger partial charge in [0.2, 0.25) is 0 Å². The van der Waals surface area contributed by atoms with Crippen LogP contribution in [0.1, 0.15) is 65.9 Å². The smallest absolute Gasteiger partial charge is 0.171 e. The minimum atomic E-state index is 0.116. The van der Waals surface area contributed by atoms with Crippen LogP contribution in [0.15, 0.2) is 24.3 Å². The van der Waals surface area contributed by atoms with E-state index in [2.05, 4.69) is 75.7 Å². The lowest BCUT2D eigenvalue weighted by Gasteiger charge is -2.46. The van der Waals surface area contributed by atoms with E-state index in [0.717, 1.165) is 23.6 Å². The SMILES string of the molecule is CC(C)c1ccccc1NC(=S)NC1CC(C)(C)NC(C)(C)C1. The summed E-state index contributed by atoms with van der Waals surface area (Å²) in [7, 11) is 0. The molecule has 128 valence electrons. The second kappa shape index (κ2) is 6.78. The van der Waals surface area contributed by atoms with Crippen LogP contribution < -0.4 is 16.0 Å². The van der Waals surface area contributed by atoms with Gasteiger partial charge in [-0.15, -0.1) is 0 Å². The molecule has 0 spiro atoms. The Hall–Kier alpha value is -1.13. The highest BCUT2D eigenvalue weighted by atomic mass is 32.1. The van der Waals surface area contributed by atoms with Gasteiger partial charge in [-0.3, -0.25) is 0 Å². The van der Waals surface area contributed by atoms with Crippen molar-refractivity contribution in [1.82, 2.24) is 10.6 Å². The van der Waals surface area contributed by atoms with Gasteiger partial charge in [-0.25, -0.2) is 0 Å². The van der Waals surface area contributed by atoms with Crippen molar-refractivity contribution >= 4 is 23.0 Å². The summed E-state index contributed by atoms with van der Waals surface area (Å²) in [6, 6.07) is 8.77. The van der Waals surface area contributed by atoms with E-state index in [1.165, 1.54) is 5.56 Å². The number of hydrogen-bond acceptors (Lipinski definition) is 2. The van der Waals surface area contributed by atoms with Gasteiger partial charge in [0.25, 0.3) is 0 Å². The molecule has 3 nitrogen and oxygen atoms in total. The van der Waals surface area contributed by atoms with Gasteiger partial charge in [0.15, 0.2) is 5.11 Å². The van der Waals surface area contributed by atoms with Gasteiger partial charge >= 0.3 is 0 Å². The third-order valence-corrected chi connectivity index (χ3v) is 4.58. The van der Waals surface area contributed by atoms with Crippen molar-refractivity contribution in [1.29, 1.82) is 0 Å². The molecule has 3 N–H and O–H groups in total. The first-order valence-corrected chi connectivity index (χ1v) is 8.95. The fraction of sp³-hybridized carbons (Fsp3) is 0.632. The van der Waals surface area contributed by atoms with Crippen molar-refractivity contribution in [3.8, 4) is 0 Å². The summed E-state index contributed by atoms with van der Waals surface area (Å²) in [5.74, 6) is 0.471. The molecule has 1 aliphatic rings. The molecule has 0 radical (unpaired) electrons. The van der Waals surface area contributed by atoms with Crippen molar-refractivity contribution in [2.45, 2.75) is 77.4 Å². The molecule has 1 aliphatic heterocycles. The molecule has 0 aromatic heterocycles. The van der Waals surface area contributed by atoms with E-state index in [1.807, 2.05) is 6.07 Å². The average molecular weight is 334 g/mol. The maximum Gasteiger partial charge on any atom is 0.171 e. The predicted octanol–water partition coefficient (Wildman–Crippen LogP) is 4.41. The number of benzene rings is 1. The zero-order chi connectivity index (χ0) is 17.3. The molecule has 23 heavy (non-hydrogen) atoms. The van der Waals surface area contributed by atoms with E-state index >= 15 is 0 Å². The topological polar surface area (TPSA) is 36.1 Å². The van der Waals surface area contributed by atoms with Gasteiger partial charge in [0.1, 0.15) is 0 Å². The Morgan fingerprint density at radius 3 is 2.26 bits per heavy atom. The maximum atomic E-state index is 5.57. The van der Waals surface area contributed by atoms with Crippen molar-refractivity contribution in [2.24, 2.45) is 0 Å². The first-order valence-electron chi connectivity index (χ1n) is 8.54. The first-order chi connectivity index (χ1) is 10.6. The fourth-order valence-electron chi connectivity index (χ4n) is 3.88. The van der Waals surface area contributed by atoms with Crippen LogP contribution in [0.3, 0.4) is 0 Å². The van der Waals surface area contributed by atoms with Crippen molar-refractivity contribution in [3.63, 3.8) is 0 Å². The van der Waals surface area contributed by atoms with Crippen LogP contribution in [0.25, 0.3) is 0 Å². The number of hydrogen-bond donors (Lipinski definition) is 3. The average Bonchev–Trinajstić information content (AvgIpc) is 2.34. The van der Waals surface area contributed by atoms with E-state index in [0.29, 0.717) is 12.0 Å². The third-order valence-electron chi connectivity index (χ3n) is 4.36. The van der Waals surface area contributed by atoms with Crippen molar-refractivity contribution in [2.75, 3.05) is 5.32 Å². The molecule has 0 aliphatic carbocycles. The Morgan fingerprint density at radius 1 is 1.13 bits per heavy atom. The molecule has 1 aromatic rings.